The molecule has 2 nitrogen and oxygen atoms in total. The molecule has 0 heterocycles. The van der Waals surface area contributed by atoms with Gasteiger partial charge in [-0.25, -0.2) is 4.39 Å². The van der Waals surface area contributed by atoms with E-state index in [1.54, 1.807) is 12.1 Å². The van der Waals surface area contributed by atoms with Crippen molar-refractivity contribution in [2.24, 2.45) is 0 Å². The van der Waals surface area contributed by atoms with Crippen molar-refractivity contribution in [1.82, 2.24) is 4.90 Å². The molecule has 0 radical (unpaired) electrons. The van der Waals surface area contributed by atoms with Gasteiger partial charge >= 0.3 is 0 Å². The van der Waals surface area contributed by atoms with Crippen molar-refractivity contribution in [3.05, 3.63) is 107 Å². The standard InChI is InChI=1S/C23H24FNO/c24-23-14-8-7-13-21(23)17-25(16-20-11-5-2-6-12-20)18-22(26)15-19-9-3-1-4-10-19/h1-14,22,26H,15-18H2/t22-/m1/s1. The van der Waals surface area contributed by atoms with Gasteiger partial charge in [0, 0.05) is 25.2 Å². The lowest BCUT2D eigenvalue weighted by Crippen LogP contribution is -2.33. The Morgan fingerprint density at radius 2 is 1.31 bits per heavy atom. The first-order valence-electron chi connectivity index (χ1n) is 8.92. The quantitative estimate of drug-likeness (QED) is 0.650. The molecule has 134 valence electrons. The molecule has 0 unspecified atom stereocenters. The molecule has 3 rings (SSSR count). The number of benzene rings is 3. The molecule has 3 aromatic rings. The van der Waals surface area contributed by atoms with Gasteiger partial charge in [-0.1, -0.05) is 78.9 Å². The maximum absolute atomic E-state index is 14.1. The molecule has 26 heavy (non-hydrogen) atoms. The van der Waals surface area contributed by atoms with Gasteiger partial charge in [0.15, 0.2) is 0 Å². The molecule has 3 aromatic carbocycles. The molecule has 0 saturated heterocycles. The van der Waals surface area contributed by atoms with Gasteiger partial charge in [0.2, 0.25) is 0 Å². The maximum Gasteiger partial charge on any atom is 0.127 e. The summed E-state index contributed by atoms with van der Waals surface area (Å²) in [5.74, 6) is -0.205. The zero-order valence-electron chi connectivity index (χ0n) is 14.8. The maximum atomic E-state index is 14.1. The third-order valence-electron chi connectivity index (χ3n) is 4.38. The van der Waals surface area contributed by atoms with Crippen LogP contribution in [0, 0.1) is 5.82 Å². The van der Waals surface area contributed by atoms with Crippen LogP contribution in [-0.4, -0.2) is 22.7 Å². The summed E-state index contributed by atoms with van der Waals surface area (Å²) in [5, 5.41) is 10.6. The normalized spacial score (nSPS) is 12.3. The van der Waals surface area contributed by atoms with Crippen LogP contribution in [0.25, 0.3) is 0 Å². The SMILES string of the molecule is O[C@H](Cc1ccccc1)CN(Cc1ccccc1)Cc1ccccc1F. The van der Waals surface area contributed by atoms with Crippen LogP contribution in [0.15, 0.2) is 84.9 Å². The first kappa shape index (κ1) is 18.3. The van der Waals surface area contributed by atoms with Crippen molar-refractivity contribution >= 4 is 0 Å². The minimum absolute atomic E-state index is 0.205. The smallest absolute Gasteiger partial charge is 0.127 e. The zero-order valence-corrected chi connectivity index (χ0v) is 14.8. The van der Waals surface area contributed by atoms with Gasteiger partial charge in [0.05, 0.1) is 6.10 Å². The van der Waals surface area contributed by atoms with E-state index < -0.39 is 6.10 Å². The second-order valence-corrected chi connectivity index (χ2v) is 6.59. The summed E-state index contributed by atoms with van der Waals surface area (Å²) in [5.41, 5.74) is 2.90. The third-order valence-corrected chi connectivity index (χ3v) is 4.38. The lowest BCUT2D eigenvalue weighted by molar-refractivity contribution is 0.104. The molecule has 0 saturated carbocycles. The molecule has 0 bridgehead atoms. The van der Waals surface area contributed by atoms with Crippen molar-refractivity contribution in [1.29, 1.82) is 0 Å². The van der Waals surface area contributed by atoms with E-state index in [2.05, 4.69) is 17.0 Å². The Balaban J connectivity index is 1.70. The Hall–Kier alpha value is -2.49. The topological polar surface area (TPSA) is 23.5 Å². The Morgan fingerprint density at radius 1 is 0.731 bits per heavy atom. The van der Waals surface area contributed by atoms with Crippen LogP contribution >= 0.6 is 0 Å². The van der Waals surface area contributed by atoms with E-state index in [0.717, 1.165) is 11.1 Å². The van der Waals surface area contributed by atoms with Gasteiger partial charge in [0.25, 0.3) is 0 Å². The van der Waals surface area contributed by atoms with Crippen LogP contribution in [0.2, 0.25) is 0 Å². The van der Waals surface area contributed by atoms with Crippen LogP contribution in [0.3, 0.4) is 0 Å². The van der Waals surface area contributed by atoms with E-state index in [0.29, 0.717) is 31.6 Å². The van der Waals surface area contributed by atoms with Crippen molar-refractivity contribution < 1.29 is 9.50 Å². The van der Waals surface area contributed by atoms with Gasteiger partial charge in [-0.3, -0.25) is 4.90 Å². The molecule has 3 heteroatoms. The minimum Gasteiger partial charge on any atom is -0.391 e. The van der Waals surface area contributed by atoms with Crippen LogP contribution in [-0.2, 0) is 19.5 Å². The summed E-state index contributed by atoms with van der Waals surface area (Å²) >= 11 is 0. The molecule has 0 aliphatic rings. The van der Waals surface area contributed by atoms with E-state index in [1.807, 2.05) is 54.6 Å². The third kappa shape index (κ3) is 5.51. The van der Waals surface area contributed by atoms with E-state index in [-0.39, 0.29) is 5.82 Å². The number of hydrogen-bond donors (Lipinski definition) is 1. The summed E-state index contributed by atoms with van der Waals surface area (Å²) < 4.78 is 14.1. The average Bonchev–Trinajstić information content (AvgIpc) is 2.65. The summed E-state index contributed by atoms with van der Waals surface area (Å²) in [6, 6.07) is 26.9. The number of rotatable bonds is 8. The first-order valence-corrected chi connectivity index (χ1v) is 8.92. The fourth-order valence-corrected chi connectivity index (χ4v) is 3.14. The molecule has 0 aromatic heterocycles. The molecule has 0 aliphatic heterocycles. The summed E-state index contributed by atoms with van der Waals surface area (Å²) in [4.78, 5) is 2.10. The molecule has 0 fully saturated rings. The molecule has 0 spiro atoms. The largest absolute Gasteiger partial charge is 0.391 e. The number of nitrogens with zero attached hydrogens (tertiary/aromatic N) is 1. The number of aliphatic hydroxyl groups excluding tert-OH is 1. The van der Waals surface area contributed by atoms with E-state index in [4.69, 9.17) is 0 Å². The summed E-state index contributed by atoms with van der Waals surface area (Å²) in [6.07, 6.45) is 0.0801. The van der Waals surface area contributed by atoms with Crippen molar-refractivity contribution in [2.75, 3.05) is 6.54 Å². The fourth-order valence-electron chi connectivity index (χ4n) is 3.14. The molecular weight excluding hydrogens is 325 g/mol. The highest BCUT2D eigenvalue weighted by Gasteiger charge is 2.15. The lowest BCUT2D eigenvalue weighted by atomic mass is 10.1. The highest BCUT2D eigenvalue weighted by molar-refractivity contribution is 5.19. The Bertz CT molecular complexity index is 792. The number of hydrogen-bond acceptors (Lipinski definition) is 2. The molecule has 0 amide bonds. The van der Waals surface area contributed by atoms with Gasteiger partial charge < -0.3 is 5.11 Å². The van der Waals surface area contributed by atoms with E-state index in [9.17, 15) is 9.50 Å². The number of halogens is 1. The van der Waals surface area contributed by atoms with E-state index >= 15 is 0 Å². The van der Waals surface area contributed by atoms with Crippen LogP contribution in [0.1, 0.15) is 16.7 Å². The molecule has 1 N–H and O–H groups in total. The molecule has 1 atom stereocenters. The predicted octanol–water partition coefficient (Wildman–Crippen LogP) is 4.43. The predicted molar refractivity (Wildman–Crippen MR) is 103 cm³/mol. The van der Waals surface area contributed by atoms with Gasteiger partial charge in [-0.15, -0.1) is 0 Å². The zero-order chi connectivity index (χ0) is 18.2. The second kappa shape index (κ2) is 9.27. The van der Waals surface area contributed by atoms with Crippen molar-refractivity contribution in [3.63, 3.8) is 0 Å². The second-order valence-electron chi connectivity index (χ2n) is 6.59. The van der Waals surface area contributed by atoms with Crippen molar-refractivity contribution in [3.8, 4) is 0 Å². The van der Waals surface area contributed by atoms with Crippen LogP contribution in [0.5, 0.6) is 0 Å². The van der Waals surface area contributed by atoms with Gasteiger partial charge in [-0.05, 0) is 23.6 Å². The summed E-state index contributed by atoms with van der Waals surface area (Å²) in [6.45, 7) is 1.62. The highest BCUT2D eigenvalue weighted by Crippen LogP contribution is 2.14. The number of aliphatic hydroxyl groups is 1. The van der Waals surface area contributed by atoms with Crippen LogP contribution in [0.4, 0.5) is 4.39 Å². The Labute approximate surface area is 154 Å². The van der Waals surface area contributed by atoms with E-state index in [1.165, 1.54) is 6.07 Å². The minimum atomic E-state index is -0.507. The van der Waals surface area contributed by atoms with Crippen molar-refractivity contribution in [2.45, 2.75) is 25.6 Å². The lowest BCUT2D eigenvalue weighted by Gasteiger charge is -2.25. The summed E-state index contributed by atoms with van der Waals surface area (Å²) in [7, 11) is 0. The first-order chi connectivity index (χ1) is 12.7. The fraction of sp³-hybridized carbons (Fsp3) is 0.217. The highest BCUT2D eigenvalue weighted by atomic mass is 19.1. The van der Waals surface area contributed by atoms with Gasteiger partial charge in [-0.2, -0.15) is 0 Å². The monoisotopic (exact) mass is 349 g/mol. The van der Waals surface area contributed by atoms with Crippen LogP contribution < -0.4 is 0 Å². The molecular formula is C23H24FNO. The van der Waals surface area contributed by atoms with Gasteiger partial charge in [0.1, 0.15) is 5.82 Å². The molecule has 0 aliphatic carbocycles. The Morgan fingerprint density at radius 3 is 1.96 bits per heavy atom. The average molecular weight is 349 g/mol. The Kier molecular flexibility index (Phi) is 6.53.